The van der Waals surface area contributed by atoms with Gasteiger partial charge in [0.15, 0.2) is 5.96 Å². The van der Waals surface area contributed by atoms with Gasteiger partial charge in [-0.05, 0) is 36.2 Å². The molecule has 0 radical (unpaired) electrons. The number of hydrogen-bond acceptors (Lipinski definition) is 4. The highest BCUT2D eigenvalue weighted by Crippen LogP contribution is 2.30. The van der Waals surface area contributed by atoms with Crippen molar-refractivity contribution in [2.45, 2.75) is 19.0 Å². The zero-order chi connectivity index (χ0) is 19.9. The molecule has 28 heavy (non-hydrogen) atoms. The quantitative estimate of drug-likeness (QED) is 0.524. The number of carbonyl (C=O) groups is 1. The maximum Gasteiger partial charge on any atom is 0.248 e. The molecule has 3 rings (SSSR count). The molecular formula is C21H27N5O2. The molecule has 1 aliphatic rings. The van der Waals surface area contributed by atoms with Crippen molar-refractivity contribution in [1.29, 1.82) is 0 Å². The van der Waals surface area contributed by atoms with Crippen LogP contribution in [0.2, 0.25) is 0 Å². The number of ether oxygens (including phenoxy) is 1. The van der Waals surface area contributed by atoms with Gasteiger partial charge in [0.05, 0.1) is 12.8 Å². The second kappa shape index (κ2) is 9.12. The number of nitrogens with one attached hydrogen (secondary N) is 2. The van der Waals surface area contributed by atoms with E-state index in [0.717, 1.165) is 42.5 Å². The fourth-order valence-electron chi connectivity index (χ4n) is 3.40. The van der Waals surface area contributed by atoms with Crippen LogP contribution >= 0.6 is 0 Å². The molecule has 1 atom stereocenters. The lowest BCUT2D eigenvalue weighted by molar-refractivity contribution is 0.1000. The van der Waals surface area contributed by atoms with E-state index in [1.807, 2.05) is 30.3 Å². The summed E-state index contributed by atoms with van der Waals surface area (Å²) in [5.74, 6) is 1.20. The average Bonchev–Trinajstić information content (AvgIpc) is 3.19. The van der Waals surface area contributed by atoms with Crippen molar-refractivity contribution >= 4 is 17.6 Å². The molecule has 1 aliphatic heterocycles. The molecule has 0 aromatic heterocycles. The van der Waals surface area contributed by atoms with Crippen LogP contribution in [-0.4, -0.2) is 45.2 Å². The summed E-state index contributed by atoms with van der Waals surface area (Å²) < 4.78 is 5.48. The number of aliphatic imine (C=N–C) groups is 1. The lowest BCUT2D eigenvalue weighted by atomic mass is 10.1. The van der Waals surface area contributed by atoms with Crippen LogP contribution in [0.15, 0.2) is 53.5 Å². The molecule has 1 heterocycles. The second-order valence-electron chi connectivity index (χ2n) is 6.74. The number of carbonyl (C=O) groups excluding carboxylic acids is 1. The molecule has 2 aromatic carbocycles. The number of hydrogen-bond donors (Lipinski definition) is 3. The Kier molecular flexibility index (Phi) is 6.37. The third-order valence-electron chi connectivity index (χ3n) is 4.85. The molecule has 0 aliphatic carbocycles. The summed E-state index contributed by atoms with van der Waals surface area (Å²) in [6.07, 6.45) is 1.01. The summed E-state index contributed by atoms with van der Waals surface area (Å²) >= 11 is 0. The van der Waals surface area contributed by atoms with Crippen molar-refractivity contribution in [1.82, 2.24) is 10.6 Å². The summed E-state index contributed by atoms with van der Waals surface area (Å²) in [6, 6.07) is 15.6. The summed E-state index contributed by atoms with van der Waals surface area (Å²) in [5, 5.41) is 6.77. The van der Waals surface area contributed by atoms with Crippen molar-refractivity contribution in [3.63, 3.8) is 0 Å². The Labute approximate surface area is 165 Å². The fraction of sp³-hybridized carbons (Fsp3) is 0.333. The van der Waals surface area contributed by atoms with Crippen LogP contribution in [0.3, 0.4) is 0 Å². The lowest BCUT2D eigenvalue weighted by Gasteiger charge is -2.22. The summed E-state index contributed by atoms with van der Waals surface area (Å²) in [5.41, 5.74) is 7.94. The van der Waals surface area contributed by atoms with Crippen LogP contribution < -0.4 is 26.0 Å². The van der Waals surface area contributed by atoms with Gasteiger partial charge in [0.25, 0.3) is 0 Å². The Morgan fingerprint density at radius 1 is 1.29 bits per heavy atom. The van der Waals surface area contributed by atoms with E-state index in [1.165, 1.54) is 0 Å². The molecule has 0 bridgehead atoms. The van der Waals surface area contributed by atoms with Gasteiger partial charge in [-0.3, -0.25) is 9.79 Å². The first-order valence-corrected chi connectivity index (χ1v) is 9.34. The highest BCUT2D eigenvalue weighted by atomic mass is 16.5. The molecule has 1 unspecified atom stereocenters. The SMILES string of the molecule is CN=C(NCc1cccc(C(N)=O)c1)NC1CCN(c2ccccc2OC)C1. The number of rotatable bonds is 6. The molecule has 0 spiro atoms. The number of benzene rings is 2. The minimum atomic E-state index is -0.424. The van der Waals surface area contributed by atoms with Crippen LogP contribution in [0.25, 0.3) is 0 Å². The standard InChI is InChI=1S/C21H27N5O2/c1-23-21(24-13-15-6-5-7-16(12-15)20(22)27)25-17-10-11-26(14-17)18-8-3-4-9-19(18)28-2/h3-9,12,17H,10-11,13-14H2,1-2H3,(H2,22,27)(H2,23,24,25). The summed E-state index contributed by atoms with van der Waals surface area (Å²) in [6.45, 7) is 2.39. The van der Waals surface area contributed by atoms with E-state index in [4.69, 9.17) is 10.5 Å². The van der Waals surface area contributed by atoms with Crippen molar-refractivity contribution < 1.29 is 9.53 Å². The largest absolute Gasteiger partial charge is 0.495 e. The Balaban J connectivity index is 1.56. The monoisotopic (exact) mass is 381 g/mol. The molecule has 0 saturated carbocycles. The molecular weight excluding hydrogens is 354 g/mol. The van der Waals surface area contributed by atoms with Gasteiger partial charge in [-0.25, -0.2) is 0 Å². The van der Waals surface area contributed by atoms with E-state index in [0.29, 0.717) is 12.1 Å². The number of nitrogens with zero attached hydrogens (tertiary/aromatic N) is 2. The number of nitrogens with two attached hydrogens (primary N) is 1. The van der Waals surface area contributed by atoms with Crippen molar-refractivity contribution in [3.8, 4) is 5.75 Å². The molecule has 1 saturated heterocycles. The lowest BCUT2D eigenvalue weighted by Crippen LogP contribution is -2.44. The van der Waals surface area contributed by atoms with Gasteiger partial charge in [-0.2, -0.15) is 0 Å². The number of anilines is 1. The third-order valence-corrected chi connectivity index (χ3v) is 4.85. The minimum absolute atomic E-state index is 0.285. The van der Waals surface area contributed by atoms with Crippen LogP contribution in [0.5, 0.6) is 5.75 Å². The maximum absolute atomic E-state index is 11.3. The number of guanidine groups is 1. The molecule has 1 fully saturated rings. The maximum atomic E-state index is 11.3. The predicted molar refractivity (Wildman–Crippen MR) is 112 cm³/mol. The van der Waals surface area contributed by atoms with E-state index >= 15 is 0 Å². The predicted octanol–water partition coefficient (Wildman–Crippen LogP) is 1.74. The van der Waals surface area contributed by atoms with Crippen LogP contribution in [0.4, 0.5) is 5.69 Å². The van der Waals surface area contributed by atoms with Crippen LogP contribution in [-0.2, 0) is 6.54 Å². The van der Waals surface area contributed by atoms with E-state index in [9.17, 15) is 4.79 Å². The number of primary amides is 1. The van der Waals surface area contributed by atoms with Gasteiger partial charge in [0.2, 0.25) is 5.91 Å². The molecule has 7 nitrogen and oxygen atoms in total. The van der Waals surface area contributed by atoms with E-state index in [2.05, 4.69) is 26.6 Å². The number of amides is 1. The zero-order valence-electron chi connectivity index (χ0n) is 16.3. The molecule has 7 heteroatoms. The number of para-hydroxylation sites is 2. The van der Waals surface area contributed by atoms with E-state index in [1.54, 1.807) is 26.3 Å². The van der Waals surface area contributed by atoms with Gasteiger partial charge < -0.3 is 26.0 Å². The van der Waals surface area contributed by atoms with Crippen LogP contribution in [0.1, 0.15) is 22.3 Å². The van der Waals surface area contributed by atoms with Crippen molar-refractivity contribution in [2.75, 3.05) is 32.1 Å². The molecule has 148 valence electrons. The first-order chi connectivity index (χ1) is 13.6. The second-order valence-corrected chi connectivity index (χ2v) is 6.74. The van der Waals surface area contributed by atoms with E-state index in [-0.39, 0.29) is 6.04 Å². The first-order valence-electron chi connectivity index (χ1n) is 9.34. The Hall–Kier alpha value is -3.22. The Bertz CT molecular complexity index is 852. The Morgan fingerprint density at radius 3 is 2.86 bits per heavy atom. The normalized spacial score (nSPS) is 16.7. The highest BCUT2D eigenvalue weighted by Gasteiger charge is 2.25. The summed E-state index contributed by atoms with van der Waals surface area (Å²) in [7, 11) is 3.45. The van der Waals surface area contributed by atoms with Gasteiger partial charge in [0, 0.05) is 38.3 Å². The van der Waals surface area contributed by atoms with Gasteiger partial charge >= 0.3 is 0 Å². The van der Waals surface area contributed by atoms with Crippen LogP contribution in [0, 0.1) is 0 Å². The average molecular weight is 381 g/mol. The highest BCUT2D eigenvalue weighted by molar-refractivity contribution is 5.92. The van der Waals surface area contributed by atoms with Gasteiger partial charge in [-0.1, -0.05) is 24.3 Å². The molecule has 4 N–H and O–H groups in total. The van der Waals surface area contributed by atoms with Gasteiger partial charge in [0.1, 0.15) is 5.75 Å². The topological polar surface area (TPSA) is 92.0 Å². The smallest absolute Gasteiger partial charge is 0.248 e. The van der Waals surface area contributed by atoms with Crippen molar-refractivity contribution in [2.24, 2.45) is 10.7 Å². The zero-order valence-corrected chi connectivity index (χ0v) is 16.3. The summed E-state index contributed by atoms with van der Waals surface area (Å²) in [4.78, 5) is 18.0. The third kappa shape index (κ3) is 4.73. The Morgan fingerprint density at radius 2 is 2.11 bits per heavy atom. The van der Waals surface area contributed by atoms with Crippen molar-refractivity contribution in [3.05, 3.63) is 59.7 Å². The fourth-order valence-corrected chi connectivity index (χ4v) is 3.40. The number of methoxy groups -OCH3 is 1. The molecule has 2 aromatic rings. The first kappa shape index (κ1) is 19.5. The minimum Gasteiger partial charge on any atom is -0.495 e. The van der Waals surface area contributed by atoms with E-state index < -0.39 is 5.91 Å². The van der Waals surface area contributed by atoms with Gasteiger partial charge in [-0.15, -0.1) is 0 Å². The molecule has 1 amide bonds.